The average molecular weight is 332 g/mol. The van der Waals surface area contributed by atoms with Crippen molar-refractivity contribution in [3.05, 3.63) is 29.8 Å². The number of carbonyl (C=O) groups is 2. The number of nitrogens with zero attached hydrogens (tertiary/aromatic N) is 1. The van der Waals surface area contributed by atoms with Crippen molar-refractivity contribution in [2.45, 2.75) is 19.4 Å². The van der Waals surface area contributed by atoms with E-state index in [4.69, 9.17) is 0 Å². The number of hydrogen-bond donors (Lipinski definition) is 3. The van der Waals surface area contributed by atoms with Crippen LogP contribution < -0.4 is 16.1 Å². The second-order valence-corrected chi connectivity index (χ2v) is 6.94. The molecule has 1 aromatic rings. The fourth-order valence-corrected chi connectivity index (χ4v) is 3.62. The van der Waals surface area contributed by atoms with Crippen LogP contribution in [0.15, 0.2) is 29.4 Å². The third-order valence-corrected chi connectivity index (χ3v) is 5.01. The fraction of sp³-hybridized carbons (Fsp3) is 0.438. The molecule has 0 spiro atoms. The van der Waals surface area contributed by atoms with Crippen molar-refractivity contribution in [2.24, 2.45) is 11.0 Å². The average Bonchev–Trinajstić information content (AvgIpc) is 2.57. The largest absolute Gasteiger partial charge is 0.325 e. The van der Waals surface area contributed by atoms with E-state index in [1.54, 1.807) is 11.8 Å². The highest BCUT2D eigenvalue weighted by Crippen LogP contribution is 2.19. The Hall–Kier alpha value is -1.86. The maximum absolute atomic E-state index is 12.2. The van der Waals surface area contributed by atoms with Crippen molar-refractivity contribution < 1.29 is 9.59 Å². The number of thioether (sulfide) groups is 1. The number of hydrazone groups is 1. The summed E-state index contributed by atoms with van der Waals surface area (Å²) in [6.45, 7) is 2.85. The van der Waals surface area contributed by atoms with E-state index in [0.717, 1.165) is 35.0 Å². The monoisotopic (exact) mass is 332 g/mol. The number of anilines is 1. The standard InChI is InChI=1S/C16H20N4O2S/c1-10-8-14(21)19-20-15(10)11-2-4-12(5-3-11)18-16(22)13-9-23-7-6-17-13/h2-5,10,13,17H,6-9H2,1H3,(H,18,22)(H,19,21). The lowest BCUT2D eigenvalue weighted by Crippen LogP contribution is -2.46. The molecule has 7 heteroatoms. The van der Waals surface area contributed by atoms with Gasteiger partial charge in [-0.25, -0.2) is 5.43 Å². The first-order valence-electron chi connectivity index (χ1n) is 7.72. The molecular weight excluding hydrogens is 312 g/mol. The first-order chi connectivity index (χ1) is 11.1. The van der Waals surface area contributed by atoms with Crippen LogP contribution in [0, 0.1) is 5.92 Å². The molecule has 0 aliphatic carbocycles. The van der Waals surface area contributed by atoms with Gasteiger partial charge < -0.3 is 10.6 Å². The van der Waals surface area contributed by atoms with Gasteiger partial charge in [-0.3, -0.25) is 9.59 Å². The fourth-order valence-electron chi connectivity index (χ4n) is 2.69. The molecule has 0 bridgehead atoms. The zero-order valence-electron chi connectivity index (χ0n) is 13.0. The topological polar surface area (TPSA) is 82.6 Å². The highest BCUT2D eigenvalue weighted by Gasteiger charge is 2.22. The minimum Gasteiger partial charge on any atom is -0.325 e. The number of amides is 2. The van der Waals surface area contributed by atoms with Gasteiger partial charge in [0, 0.05) is 36.1 Å². The Morgan fingerprint density at radius 2 is 2.13 bits per heavy atom. The Morgan fingerprint density at radius 1 is 1.35 bits per heavy atom. The summed E-state index contributed by atoms with van der Waals surface area (Å²) in [6, 6.07) is 7.45. The second kappa shape index (κ2) is 7.14. The first-order valence-corrected chi connectivity index (χ1v) is 8.88. The van der Waals surface area contributed by atoms with E-state index in [0.29, 0.717) is 6.42 Å². The normalized spacial score (nSPS) is 24.6. The van der Waals surface area contributed by atoms with E-state index >= 15 is 0 Å². The number of nitrogens with one attached hydrogen (secondary N) is 3. The van der Waals surface area contributed by atoms with Crippen molar-refractivity contribution in [3.63, 3.8) is 0 Å². The Labute approximate surface area is 139 Å². The van der Waals surface area contributed by atoms with E-state index < -0.39 is 0 Å². The van der Waals surface area contributed by atoms with Crippen LogP contribution >= 0.6 is 11.8 Å². The summed E-state index contributed by atoms with van der Waals surface area (Å²) in [5.41, 5.74) is 5.12. The number of hydrogen-bond acceptors (Lipinski definition) is 5. The summed E-state index contributed by atoms with van der Waals surface area (Å²) in [5.74, 6) is 1.89. The molecule has 3 rings (SSSR count). The predicted molar refractivity (Wildman–Crippen MR) is 92.6 cm³/mol. The molecule has 1 saturated heterocycles. The summed E-state index contributed by atoms with van der Waals surface area (Å²) in [4.78, 5) is 23.5. The molecule has 0 radical (unpaired) electrons. The molecule has 2 aliphatic heterocycles. The lowest BCUT2D eigenvalue weighted by Gasteiger charge is -2.22. The van der Waals surface area contributed by atoms with Gasteiger partial charge in [0.15, 0.2) is 0 Å². The molecule has 3 N–H and O–H groups in total. The molecule has 1 aromatic carbocycles. The molecule has 0 aromatic heterocycles. The SMILES string of the molecule is CC1CC(=O)NN=C1c1ccc(NC(=O)C2CSCCN2)cc1. The molecule has 23 heavy (non-hydrogen) atoms. The van der Waals surface area contributed by atoms with Gasteiger partial charge in [-0.2, -0.15) is 16.9 Å². The van der Waals surface area contributed by atoms with Crippen LogP contribution in [0.1, 0.15) is 18.9 Å². The Kier molecular flexibility index (Phi) is 4.97. The zero-order valence-corrected chi connectivity index (χ0v) is 13.8. The third-order valence-electron chi connectivity index (χ3n) is 3.95. The second-order valence-electron chi connectivity index (χ2n) is 5.79. The summed E-state index contributed by atoms with van der Waals surface area (Å²) in [6.07, 6.45) is 0.447. The van der Waals surface area contributed by atoms with Crippen molar-refractivity contribution in [3.8, 4) is 0 Å². The molecule has 122 valence electrons. The number of benzene rings is 1. The van der Waals surface area contributed by atoms with Gasteiger partial charge in [0.25, 0.3) is 0 Å². The molecule has 2 heterocycles. The van der Waals surface area contributed by atoms with Gasteiger partial charge in [0.2, 0.25) is 11.8 Å². The van der Waals surface area contributed by atoms with E-state index in [9.17, 15) is 9.59 Å². The van der Waals surface area contributed by atoms with E-state index in [1.807, 2.05) is 31.2 Å². The predicted octanol–water partition coefficient (Wildman–Crippen LogP) is 1.19. The molecule has 2 aliphatic rings. The van der Waals surface area contributed by atoms with E-state index in [2.05, 4.69) is 21.2 Å². The summed E-state index contributed by atoms with van der Waals surface area (Å²) >= 11 is 1.79. The van der Waals surface area contributed by atoms with Gasteiger partial charge in [-0.05, 0) is 17.7 Å². The van der Waals surface area contributed by atoms with Crippen LogP contribution in [0.25, 0.3) is 0 Å². The van der Waals surface area contributed by atoms with Crippen molar-refractivity contribution in [2.75, 3.05) is 23.4 Å². The number of carbonyl (C=O) groups excluding carboxylic acids is 2. The van der Waals surface area contributed by atoms with Gasteiger partial charge in [-0.1, -0.05) is 19.1 Å². The Morgan fingerprint density at radius 3 is 2.78 bits per heavy atom. The van der Waals surface area contributed by atoms with Crippen LogP contribution in [0.3, 0.4) is 0 Å². The minimum atomic E-state index is -0.133. The zero-order chi connectivity index (χ0) is 16.2. The molecule has 2 amide bonds. The van der Waals surface area contributed by atoms with Crippen LogP contribution in [0.2, 0.25) is 0 Å². The van der Waals surface area contributed by atoms with Crippen LogP contribution in [-0.4, -0.2) is 41.6 Å². The highest BCUT2D eigenvalue weighted by atomic mass is 32.2. The Bertz CT molecular complexity index is 623. The van der Waals surface area contributed by atoms with E-state index in [-0.39, 0.29) is 23.8 Å². The maximum atomic E-state index is 12.2. The molecule has 2 unspecified atom stereocenters. The van der Waals surface area contributed by atoms with Crippen LogP contribution in [-0.2, 0) is 9.59 Å². The molecule has 6 nitrogen and oxygen atoms in total. The van der Waals surface area contributed by atoms with Crippen molar-refractivity contribution in [1.29, 1.82) is 0 Å². The summed E-state index contributed by atoms with van der Waals surface area (Å²) in [7, 11) is 0. The Balaban J connectivity index is 1.65. The highest BCUT2D eigenvalue weighted by molar-refractivity contribution is 7.99. The van der Waals surface area contributed by atoms with Crippen molar-refractivity contribution >= 4 is 35.0 Å². The van der Waals surface area contributed by atoms with Gasteiger partial charge in [0.05, 0.1) is 11.8 Å². The molecule has 2 atom stereocenters. The smallest absolute Gasteiger partial charge is 0.242 e. The molecule has 1 fully saturated rings. The number of rotatable bonds is 3. The van der Waals surface area contributed by atoms with Crippen LogP contribution in [0.5, 0.6) is 0 Å². The third kappa shape index (κ3) is 3.92. The van der Waals surface area contributed by atoms with Gasteiger partial charge in [-0.15, -0.1) is 0 Å². The summed E-state index contributed by atoms with van der Waals surface area (Å²) < 4.78 is 0. The first kappa shape index (κ1) is 16.0. The minimum absolute atomic E-state index is 0.000545. The molecular formula is C16H20N4O2S. The molecule has 0 saturated carbocycles. The summed E-state index contributed by atoms with van der Waals surface area (Å²) in [5, 5.41) is 10.3. The maximum Gasteiger partial charge on any atom is 0.242 e. The quantitative estimate of drug-likeness (QED) is 0.776. The van der Waals surface area contributed by atoms with Gasteiger partial charge >= 0.3 is 0 Å². The van der Waals surface area contributed by atoms with Crippen molar-refractivity contribution in [1.82, 2.24) is 10.7 Å². The van der Waals surface area contributed by atoms with Crippen LogP contribution in [0.4, 0.5) is 5.69 Å². The lowest BCUT2D eigenvalue weighted by atomic mass is 9.94. The lowest BCUT2D eigenvalue weighted by molar-refractivity contribution is -0.122. The van der Waals surface area contributed by atoms with E-state index in [1.165, 1.54) is 0 Å². The van der Waals surface area contributed by atoms with Gasteiger partial charge in [0.1, 0.15) is 0 Å².